The molecule has 1 saturated heterocycles. The summed E-state index contributed by atoms with van der Waals surface area (Å²) >= 11 is 0. The maximum Gasteiger partial charge on any atom is 0.146 e. The monoisotopic (exact) mass is 223 g/mol. The molecule has 0 aromatic carbocycles. The predicted molar refractivity (Wildman–Crippen MR) is 62.8 cm³/mol. The molecule has 1 fully saturated rings. The number of nitrogens with two attached hydrogens (primary N) is 1. The van der Waals surface area contributed by atoms with Crippen LogP contribution in [0.1, 0.15) is 25.0 Å². The van der Waals surface area contributed by atoms with Crippen LogP contribution in [-0.4, -0.2) is 38.8 Å². The normalized spacial score (nSPS) is 27.2. The number of hydrogen-bond acceptors (Lipinski definition) is 4. The highest BCUT2D eigenvalue weighted by molar-refractivity contribution is 4.93. The van der Waals surface area contributed by atoms with Gasteiger partial charge in [0.1, 0.15) is 11.6 Å². The summed E-state index contributed by atoms with van der Waals surface area (Å²) in [6, 6.07) is 0.359. The van der Waals surface area contributed by atoms with Crippen LogP contribution in [0.5, 0.6) is 0 Å². The summed E-state index contributed by atoms with van der Waals surface area (Å²) in [5.74, 6) is 2.58. The van der Waals surface area contributed by atoms with Gasteiger partial charge in [0.25, 0.3) is 0 Å². The van der Waals surface area contributed by atoms with E-state index in [1.165, 1.54) is 0 Å². The maximum atomic E-state index is 6.01. The van der Waals surface area contributed by atoms with Crippen LogP contribution in [0.25, 0.3) is 0 Å². The van der Waals surface area contributed by atoms with E-state index in [9.17, 15) is 0 Å². The molecule has 5 heteroatoms. The molecule has 90 valence electrons. The number of aromatic nitrogens is 3. The van der Waals surface area contributed by atoms with Crippen LogP contribution in [0.4, 0.5) is 0 Å². The Morgan fingerprint density at radius 2 is 2.19 bits per heavy atom. The Kier molecular flexibility index (Phi) is 3.25. The standard InChI is InChI=1S/C11H21N5/c1-8-6-16(5-4-10(8)12)7-11-14-13-9(2)15(11)3/h8,10H,4-7,12H2,1-3H3. The van der Waals surface area contributed by atoms with Gasteiger partial charge in [0.15, 0.2) is 0 Å². The first-order valence-corrected chi connectivity index (χ1v) is 5.90. The Hall–Kier alpha value is -0.940. The van der Waals surface area contributed by atoms with Crippen molar-refractivity contribution in [1.29, 1.82) is 0 Å². The van der Waals surface area contributed by atoms with Crippen LogP contribution in [0.3, 0.4) is 0 Å². The summed E-state index contributed by atoms with van der Waals surface area (Å²) in [4.78, 5) is 2.41. The molecule has 1 aromatic rings. The average Bonchev–Trinajstić information content (AvgIpc) is 2.55. The lowest BCUT2D eigenvalue weighted by molar-refractivity contribution is 0.153. The minimum Gasteiger partial charge on any atom is -0.327 e. The van der Waals surface area contributed by atoms with E-state index in [1.54, 1.807) is 0 Å². The molecule has 1 aromatic heterocycles. The molecule has 2 atom stereocenters. The third-order valence-corrected chi connectivity index (χ3v) is 3.60. The van der Waals surface area contributed by atoms with E-state index in [2.05, 4.69) is 26.6 Å². The van der Waals surface area contributed by atoms with Gasteiger partial charge >= 0.3 is 0 Å². The van der Waals surface area contributed by atoms with Crippen molar-refractivity contribution in [3.05, 3.63) is 11.6 Å². The largest absolute Gasteiger partial charge is 0.327 e. The molecular weight excluding hydrogens is 202 g/mol. The minimum atomic E-state index is 0.359. The van der Waals surface area contributed by atoms with E-state index in [0.29, 0.717) is 12.0 Å². The molecular formula is C11H21N5. The minimum absolute atomic E-state index is 0.359. The smallest absolute Gasteiger partial charge is 0.146 e. The van der Waals surface area contributed by atoms with Gasteiger partial charge in [0.05, 0.1) is 6.54 Å². The Morgan fingerprint density at radius 1 is 1.44 bits per heavy atom. The Balaban J connectivity index is 1.98. The Labute approximate surface area is 96.6 Å². The van der Waals surface area contributed by atoms with Gasteiger partial charge in [-0.25, -0.2) is 0 Å². The molecule has 5 nitrogen and oxygen atoms in total. The van der Waals surface area contributed by atoms with E-state index >= 15 is 0 Å². The van der Waals surface area contributed by atoms with Crippen molar-refractivity contribution in [3.8, 4) is 0 Å². The lowest BCUT2D eigenvalue weighted by Crippen LogP contribution is -2.45. The van der Waals surface area contributed by atoms with Crippen molar-refractivity contribution >= 4 is 0 Å². The van der Waals surface area contributed by atoms with Crippen molar-refractivity contribution in [2.24, 2.45) is 18.7 Å². The molecule has 2 rings (SSSR count). The number of piperidine rings is 1. The van der Waals surface area contributed by atoms with Gasteiger partial charge in [0.2, 0.25) is 0 Å². The maximum absolute atomic E-state index is 6.01. The fourth-order valence-corrected chi connectivity index (χ4v) is 2.18. The third-order valence-electron chi connectivity index (χ3n) is 3.60. The molecule has 16 heavy (non-hydrogen) atoms. The lowest BCUT2D eigenvalue weighted by Gasteiger charge is -2.34. The van der Waals surface area contributed by atoms with Crippen LogP contribution in [0.15, 0.2) is 0 Å². The molecule has 1 aliphatic heterocycles. The number of hydrogen-bond donors (Lipinski definition) is 1. The van der Waals surface area contributed by atoms with Crippen LogP contribution in [-0.2, 0) is 13.6 Å². The van der Waals surface area contributed by atoms with Gasteiger partial charge in [-0.2, -0.15) is 0 Å². The van der Waals surface area contributed by atoms with Crippen LogP contribution in [0, 0.1) is 12.8 Å². The van der Waals surface area contributed by atoms with Gasteiger partial charge in [-0.3, -0.25) is 4.90 Å². The molecule has 2 heterocycles. The van der Waals surface area contributed by atoms with E-state index in [-0.39, 0.29) is 0 Å². The molecule has 0 aliphatic carbocycles. The van der Waals surface area contributed by atoms with Crippen LogP contribution < -0.4 is 5.73 Å². The summed E-state index contributed by atoms with van der Waals surface area (Å²) in [7, 11) is 2.02. The highest BCUT2D eigenvalue weighted by Crippen LogP contribution is 2.16. The van der Waals surface area contributed by atoms with E-state index in [4.69, 9.17) is 5.73 Å². The quantitative estimate of drug-likeness (QED) is 0.783. The van der Waals surface area contributed by atoms with Crippen molar-refractivity contribution in [2.45, 2.75) is 32.9 Å². The second kappa shape index (κ2) is 4.51. The zero-order valence-corrected chi connectivity index (χ0v) is 10.3. The summed E-state index contributed by atoms with van der Waals surface area (Å²) in [6.07, 6.45) is 1.08. The summed E-state index contributed by atoms with van der Waals surface area (Å²) in [5.41, 5.74) is 6.01. The zero-order valence-electron chi connectivity index (χ0n) is 10.3. The zero-order chi connectivity index (χ0) is 11.7. The molecule has 0 bridgehead atoms. The number of aryl methyl sites for hydroxylation is 1. The highest BCUT2D eigenvalue weighted by Gasteiger charge is 2.24. The van der Waals surface area contributed by atoms with Gasteiger partial charge in [-0.05, 0) is 19.3 Å². The van der Waals surface area contributed by atoms with Gasteiger partial charge in [0, 0.05) is 26.2 Å². The molecule has 1 aliphatic rings. The summed E-state index contributed by atoms with van der Waals surface area (Å²) < 4.78 is 2.05. The highest BCUT2D eigenvalue weighted by atomic mass is 15.3. The topological polar surface area (TPSA) is 60.0 Å². The van der Waals surface area contributed by atoms with Crippen LogP contribution in [0.2, 0.25) is 0 Å². The molecule has 0 spiro atoms. The van der Waals surface area contributed by atoms with E-state index in [0.717, 1.165) is 37.7 Å². The summed E-state index contributed by atoms with van der Waals surface area (Å²) in [5, 5.41) is 8.27. The molecule has 0 radical (unpaired) electrons. The van der Waals surface area contributed by atoms with E-state index < -0.39 is 0 Å². The average molecular weight is 223 g/mol. The van der Waals surface area contributed by atoms with Crippen LogP contribution >= 0.6 is 0 Å². The predicted octanol–water partition coefficient (Wildman–Crippen LogP) is 0.293. The lowest BCUT2D eigenvalue weighted by atomic mass is 9.95. The summed E-state index contributed by atoms with van der Waals surface area (Å²) in [6.45, 7) is 7.21. The van der Waals surface area contributed by atoms with Crippen molar-refractivity contribution < 1.29 is 0 Å². The molecule has 0 saturated carbocycles. The van der Waals surface area contributed by atoms with E-state index in [1.807, 2.05) is 14.0 Å². The van der Waals surface area contributed by atoms with Crippen molar-refractivity contribution in [1.82, 2.24) is 19.7 Å². The first-order valence-electron chi connectivity index (χ1n) is 5.90. The Bertz CT molecular complexity index is 359. The van der Waals surface area contributed by atoms with Gasteiger partial charge in [-0.15, -0.1) is 10.2 Å². The number of nitrogens with zero attached hydrogens (tertiary/aromatic N) is 4. The fraction of sp³-hybridized carbons (Fsp3) is 0.818. The second-order valence-electron chi connectivity index (χ2n) is 4.89. The SMILES string of the molecule is Cc1nnc(CN2CCC(N)C(C)C2)n1C. The third kappa shape index (κ3) is 2.25. The first-order chi connectivity index (χ1) is 7.58. The first kappa shape index (κ1) is 11.5. The Morgan fingerprint density at radius 3 is 2.75 bits per heavy atom. The second-order valence-corrected chi connectivity index (χ2v) is 4.89. The van der Waals surface area contributed by atoms with Gasteiger partial charge in [-0.1, -0.05) is 6.92 Å². The molecule has 2 N–H and O–H groups in total. The fourth-order valence-electron chi connectivity index (χ4n) is 2.18. The van der Waals surface area contributed by atoms with Crippen molar-refractivity contribution in [2.75, 3.05) is 13.1 Å². The van der Waals surface area contributed by atoms with Crippen molar-refractivity contribution in [3.63, 3.8) is 0 Å². The van der Waals surface area contributed by atoms with Gasteiger partial charge < -0.3 is 10.3 Å². The molecule has 2 unspecified atom stereocenters. The number of rotatable bonds is 2. The molecule has 0 amide bonds. The number of likely N-dealkylation sites (tertiary alicyclic amines) is 1.